The van der Waals surface area contributed by atoms with Crippen LogP contribution < -0.4 is 11.0 Å². The molecule has 0 spiro atoms. The van der Waals surface area contributed by atoms with E-state index in [4.69, 9.17) is 0 Å². The van der Waals surface area contributed by atoms with Crippen molar-refractivity contribution < 1.29 is 4.79 Å². The molecule has 1 N–H and O–H groups in total. The molecule has 2 heterocycles. The summed E-state index contributed by atoms with van der Waals surface area (Å²) in [5.41, 5.74) is 2.71. The lowest BCUT2D eigenvalue weighted by Crippen LogP contribution is -2.26. The molecule has 7 heteroatoms. The van der Waals surface area contributed by atoms with Gasteiger partial charge in [-0.3, -0.25) is 13.9 Å². The number of aryl methyl sites for hydroxylation is 2. The topological polar surface area (TPSA) is 68.9 Å². The second kappa shape index (κ2) is 7.86. The molecule has 0 aliphatic carbocycles. The molecule has 0 aliphatic heterocycles. The van der Waals surface area contributed by atoms with E-state index in [2.05, 4.69) is 24.1 Å². The number of fused-ring (bicyclic) bond motifs is 1. The van der Waals surface area contributed by atoms with E-state index in [9.17, 15) is 9.59 Å². The first kappa shape index (κ1) is 18.4. The van der Waals surface area contributed by atoms with Crippen molar-refractivity contribution in [1.82, 2.24) is 14.1 Å². The van der Waals surface area contributed by atoms with E-state index < -0.39 is 0 Å². The third-order valence-electron chi connectivity index (χ3n) is 4.29. The van der Waals surface area contributed by atoms with Gasteiger partial charge in [0.1, 0.15) is 0 Å². The van der Waals surface area contributed by atoms with Crippen LogP contribution in [0, 0.1) is 0 Å². The summed E-state index contributed by atoms with van der Waals surface area (Å²) >= 11 is 1.43. The smallest absolute Gasteiger partial charge is 0.302 e. The van der Waals surface area contributed by atoms with Gasteiger partial charge in [-0.15, -0.1) is 11.3 Å². The highest BCUT2D eigenvalue weighted by Gasteiger charge is 2.14. The van der Waals surface area contributed by atoms with E-state index >= 15 is 0 Å². The largest absolute Gasteiger partial charge is 0.329 e. The van der Waals surface area contributed by atoms with Crippen molar-refractivity contribution in [3.63, 3.8) is 0 Å². The minimum Gasteiger partial charge on any atom is -0.302 e. The molecule has 0 unspecified atom stereocenters. The van der Waals surface area contributed by atoms with E-state index in [-0.39, 0.29) is 18.0 Å². The molecule has 26 heavy (non-hydrogen) atoms. The SMILES string of the molecule is CCCn1c(=O)n(CCC(=O)Nc2nc(C(C)C)cs2)c2ccccc21. The molecule has 0 radical (unpaired) electrons. The van der Waals surface area contributed by atoms with Gasteiger partial charge in [0.05, 0.1) is 16.7 Å². The van der Waals surface area contributed by atoms with Crippen LogP contribution in [-0.4, -0.2) is 20.0 Å². The zero-order valence-electron chi connectivity index (χ0n) is 15.4. The third-order valence-corrected chi connectivity index (χ3v) is 5.07. The van der Waals surface area contributed by atoms with Crippen molar-refractivity contribution in [2.75, 3.05) is 5.32 Å². The summed E-state index contributed by atoms with van der Waals surface area (Å²) in [6.07, 6.45) is 1.12. The summed E-state index contributed by atoms with van der Waals surface area (Å²) in [6.45, 7) is 7.21. The molecule has 138 valence electrons. The quantitative estimate of drug-likeness (QED) is 0.685. The van der Waals surface area contributed by atoms with Gasteiger partial charge in [0.15, 0.2) is 5.13 Å². The monoisotopic (exact) mass is 372 g/mol. The van der Waals surface area contributed by atoms with Crippen LogP contribution >= 0.6 is 11.3 Å². The lowest BCUT2D eigenvalue weighted by atomic mass is 10.2. The Hall–Kier alpha value is -2.41. The number of carbonyl (C=O) groups excluding carboxylic acids is 1. The predicted molar refractivity (Wildman–Crippen MR) is 106 cm³/mol. The first-order valence-electron chi connectivity index (χ1n) is 8.94. The Morgan fingerprint density at radius 1 is 1.19 bits per heavy atom. The normalized spacial score (nSPS) is 11.4. The Bertz CT molecular complexity index is 967. The standard InChI is InChI=1S/C19H24N4O2S/c1-4-10-22-15-7-5-6-8-16(15)23(19(22)25)11-9-17(24)21-18-20-14(12-26-18)13(2)3/h5-8,12-13H,4,9-11H2,1-3H3,(H,20,21,24). The summed E-state index contributed by atoms with van der Waals surface area (Å²) in [6, 6.07) is 7.72. The summed E-state index contributed by atoms with van der Waals surface area (Å²) in [4.78, 5) is 29.4. The summed E-state index contributed by atoms with van der Waals surface area (Å²) in [5.74, 6) is 0.203. The van der Waals surface area contributed by atoms with Crippen LogP contribution in [0.2, 0.25) is 0 Å². The molecular formula is C19H24N4O2S. The second-order valence-corrected chi connectivity index (χ2v) is 7.46. The van der Waals surface area contributed by atoms with Crippen molar-refractivity contribution in [3.8, 4) is 0 Å². The van der Waals surface area contributed by atoms with Gasteiger partial charge in [-0.25, -0.2) is 9.78 Å². The van der Waals surface area contributed by atoms with Gasteiger partial charge >= 0.3 is 5.69 Å². The molecule has 0 bridgehead atoms. The van der Waals surface area contributed by atoms with Gasteiger partial charge in [0.25, 0.3) is 0 Å². The average molecular weight is 372 g/mol. The van der Waals surface area contributed by atoms with Crippen molar-refractivity contribution in [2.45, 2.75) is 52.6 Å². The molecule has 6 nitrogen and oxygen atoms in total. The number of nitrogens with zero attached hydrogens (tertiary/aromatic N) is 3. The number of amides is 1. The first-order valence-corrected chi connectivity index (χ1v) is 9.82. The number of rotatable bonds is 7. The minimum absolute atomic E-state index is 0.0582. The number of para-hydroxylation sites is 2. The Morgan fingerprint density at radius 2 is 1.85 bits per heavy atom. The fourth-order valence-electron chi connectivity index (χ4n) is 2.93. The number of imidazole rings is 1. The molecule has 3 rings (SSSR count). The van der Waals surface area contributed by atoms with Crippen molar-refractivity contribution >= 4 is 33.4 Å². The Labute approximate surface area is 156 Å². The van der Waals surface area contributed by atoms with Gasteiger partial charge < -0.3 is 5.32 Å². The number of carbonyl (C=O) groups is 1. The Morgan fingerprint density at radius 3 is 2.42 bits per heavy atom. The fourth-order valence-corrected chi connectivity index (χ4v) is 3.82. The molecule has 2 aromatic heterocycles. The average Bonchev–Trinajstić information content (AvgIpc) is 3.18. The highest BCUT2D eigenvalue weighted by atomic mass is 32.1. The maximum absolute atomic E-state index is 12.7. The van der Waals surface area contributed by atoms with Crippen LogP contribution in [-0.2, 0) is 17.9 Å². The lowest BCUT2D eigenvalue weighted by molar-refractivity contribution is -0.116. The summed E-state index contributed by atoms with van der Waals surface area (Å²) in [7, 11) is 0. The van der Waals surface area contributed by atoms with Crippen LogP contribution in [0.3, 0.4) is 0 Å². The van der Waals surface area contributed by atoms with Gasteiger partial charge in [0.2, 0.25) is 5.91 Å². The van der Waals surface area contributed by atoms with E-state index in [0.29, 0.717) is 24.1 Å². The minimum atomic E-state index is -0.131. The molecule has 3 aromatic rings. The van der Waals surface area contributed by atoms with Crippen molar-refractivity contribution in [1.29, 1.82) is 0 Å². The number of anilines is 1. The maximum atomic E-state index is 12.7. The van der Waals surface area contributed by atoms with Crippen LogP contribution in [0.15, 0.2) is 34.4 Å². The van der Waals surface area contributed by atoms with Crippen LogP contribution in [0.4, 0.5) is 5.13 Å². The van der Waals surface area contributed by atoms with Crippen LogP contribution in [0.1, 0.15) is 45.2 Å². The zero-order valence-corrected chi connectivity index (χ0v) is 16.2. The lowest BCUT2D eigenvalue weighted by Gasteiger charge is -2.04. The van der Waals surface area contributed by atoms with Gasteiger partial charge in [0, 0.05) is 24.9 Å². The molecule has 1 aromatic carbocycles. The fraction of sp³-hybridized carbons (Fsp3) is 0.421. The highest BCUT2D eigenvalue weighted by Crippen LogP contribution is 2.21. The number of benzene rings is 1. The van der Waals surface area contributed by atoms with Gasteiger partial charge in [-0.2, -0.15) is 0 Å². The van der Waals surface area contributed by atoms with Crippen LogP contribution in [0.5, 0.6) is 0 Å². The molecule has 0 aliphatic rings. The predicted octanol–water partition coefficient (Wildman–Crippen LogP) is 3.82. The molecule has 0 fully saturated rings. The number of hydrogen-bond acceptors (Lipinski definition) is 4. The van der Waals surface area contributed by atoms with E-state index in [1.807, 2.05) is 36.6 Å². The number of aromatic nitrogens is 3. The first-order chi connectivity index (χ1) is 12.5. The summed E-state index contributed by atoms with van der Waals surface area (Å²) in [5, 5.41) is 5.41. The molecule has 0 saturated carbocycles. The molecule has 1 amide bonds. The van der Waals surface area contributed by atoms with Crippen molar-refractivity contribution in [3.05, 3.63) is 45.8 Å². The van der Waals surface area contributed by atoms with E-state index in [1.54, 1.807) is 9.13 Å². The molecular weight excluding hydrogens is 348 g/mol. The third kappa shape index (κ3) is 3.72. The van der Waals surface area contributed by atoms with E-state index in [1.165, 1.54) is 11.3 Å². The van der Waals surface area contributed by atoms with E-state index in [0.717, 1.165) is 23.1 Å². The molecule has 0 saturated heterocycles. The second-order valence-electron chi connectivity index (χ2n) is 6.60. The maximum Gasteiger partial charge on any atom is 0.329 e. The summed E-state index contributed by atoms with van der Waals surface area (Å²) < 4.78 is 3.47. The Kier molecular flexibility index (Phi) is 5.56. The zero-order chi connectivity index (χ0) is 18.7. The van der Waals surface area contributed by atoms with Gasteiger partial charge in [-0.1, -0.05) is 32.9 Å². The van der Waals surface area contributed by atoms with Crippen molar-refractivity contribution in [2.24, 2.45) is 0 Å². The van der Waals surface area contributed by atoms with Gasteiger partial charge in [-0.05, 0) is 24.5 Å². The van der Waals surface area contributed by atoms with Crippen LogP contribution in [0.25, 0.3) is 11.0 Å². The number of nitrogens with one attached hydrogen (secondary N) is 1. The Balaban J connectivity index is 1.74. The number of hydrogen-bond donors (Lipinski definition) is 1. The number of thiazole rings is 1. The highest BCUT2D eigenvalue weighted by molar-refractivity contribution is 7.13. The molecule has 0 atom stereocenters.